The fourth-order valence-electron chi connectivity index (χ4n) is 4.81. The Morgan fingerprint density at radius 2 is 1.86 bits per heavy atom. The highest BCUT2D eigenvalue weighted by atomic mass is 19.2. The summed E-state index contributed by atoms with van der Waals surface area (Å²) in [6.07, 6.45) is 1.47. The number of rotatable bonds is 12. The van der Waals surface area contributed by atoms with Gasteiger partial charge in [-0.05, 0) is 55.9 Å². The molecule has 1 aliphatic rings. The van der Waals surface area contributed by atoms with E-state index >= 15 is 0 Å². The van der Waals surface area contributed by atoms with E-state index in [-0.39, 0.29) is 43.9 Å². The Bertz CT molecular complexity index is 1050. The Morgan fingerprint density at radius 3 is 2.51 bits per heavy atom. The predicted octanol–water partition coefficient (Wildman–Crippen LogP) is 3.02. The van der Waals surface area contributed by atoms with Crippen molar-refractivity contribution < 1.29 is 33.4 Å². The molecule has 35 heavy (non-hydrogen) atoms. The number of nitrogens with one attached hydrogen (secondary N) is 1. The maximum atomic E-state index is 13.5. The molecule has 2 unspecified atom stereocenters. The van der Waals surface area contributed by atoms with Gasteiger partial charge in [0.15, 0.2) is 11.6 Å². The number of hydrogen-bond donors (Lipinski definition) is 3. The van der Waals surface area contributed by atoms with Crippen LogP contribution in [0, 0.1) is 23.0 Å². The Hall–Kier alpha value is -3.33. The van der Waals surface area contributed by atoms with Gasteiger partial charge in [0.1, 0.15) is 0 Å². The molecule has 9 heteroatoms. The van der Waals surface area contributed by atoms with Crippen LogP contribution < -0.4 is 5.32 Å². The minimum atomic E-state index is -1.18. The highest BCUT2D eigenvalue weighted by Gasteiger charge is 2.53. The van der Waals surface area contributed by atoms with E-state index in [9.17, 15) is 33.4 Å². The number of hydrogen-bond acceptors (Lipinski definition) is 4. The number of aliphatic hydroxyl groups excluding tert-OH is 1. The first-order valence-corrected chi connectivity index (χ1v) is 11.7. The van der Waals surface area contributed by atoms with E-state index in [2.05, 4.69) is 5.32 Å². The number of likely N-dealkylation sites (tertiary alicyclic amines) is 1. The van der Waals surface area contributed by atoms with E-state index in [1.807, 2.05) is 30.3 Å². The molecule has 7 nitrogen and oxygen atoms in total. The van der Waals surface area contributed by atoms with Crippen molar-refractivity contribution in [3.05, 3.63) is 71.3 Å². The number of aliphatic hydroxyl groups is 1. The summed E-state index contributed by atoms with van der Waals surface area (Å²) in [5.74, 6) is -5.37. The number of carbonyl (C=O) groups excluding carboxylic acids is 2. The molecule has 0 spiro atoms. The zero-order valence-electron chi connectivity index (χ0n) is 19.4. The molecule has 0 bridgehead atoms. The molecule has 0 aromatic heterocycles. The van der Waals surface area contributed by atoms with E-state index in [1.165, 1.54) is 0 Å². The van der Waals surface area contributed by atoms with E-state index < -0.39 is 34.8 Å². The molecule has 1 saturated heterocycles. The lowest BCUT2D eigenvalue weighted by Gasteiger charge is -2.33. The highest BCUT2D eigenvalue weighted by Crippen LogP contribution is 2.45. The summed E-state index contributed by atoms with van der Waals surface area (Å²) in [6.45, 7) is 0.649. The second kappa shape index (κ2) is 11.9. The molecule has 0 saturated carbocycles. The van der Waals surface area contributed by atoms with Crippen LogP contribution in [0.25, 0.3) is 0 Å². The molecule has 2 amide bonds. The van der Waals surface area contributed by atoms with Gasteiger partial charge in [0.25, 0.3) is 5.91 Å². The van der Waals surface area contributed by atoms with Crippen LogP contribution in [-0.2, 0) is 16.0 Å². The summed E-state index contributed by atoms with van der Waals surface area (Å²) in [4.78, 5) is 39.8. The van der Waals surface area contributed by atoms with E-state index in [1.54, 1.807) is 4.90 Å². The maximum Gasteiger partial charge on any atom is 0.307 e. The Labute approximate surface area is 202 Å². The number of benzene rings is 2. The van der Waals surface area contributed by atoms with Crippen molar-refractivity contribution in [3.8, 4) is 0 Å². The van der Waals surface area contributed by atoms with Gasteiger partial charge in [0.2, 0.25) is 5.91 Å². The summed E-state index contributed by atoms with van der Waals surface area (Å²) in [5, 5.41) is 22.0. The Morgan fingerprint density at radius 1 is 1.11 bits per heavy atom. The molecule has 3 N–H and O–H groups in total. The van der Waals surface area contributed by atoms with Gasteiger partial charge in [0.05, 0.1) is 11.3 Å². The lowest BCUT2D eigenvalue weighted by atomic mass is 9.69. The molecule has 188 valence electrons. The zero-order valence-corrected chi connectivity index (χ0v) is 19.4. The second-order valence-corrected chi connectivity index (χ2v) is 8.83. The third-order valence-corrected chi connectivity index (χ3v) is 6.70. The number of nitrogens with zero attached hydrogens (tertiary/aromatic N) is 1. The SMILES string of the molecule is O=C(NCCC(C(=O)O)C1(CCCO)CCN(CCc2ccccc2)C1=O)c1ccc(F)c(F)c1. The topological polar surface area (TPSA) is 107 Å². The summed E-state index contributed by atoms with van der Waals surface area (Å²) in [5.41, 5.74) is -0.199. The minimum Gasteiger partial charge on any atom is -0.481 e. The molecule has 0 aliphatic carbocycles. The van der Waals surface area contributed by atoms with E-state index in [0.29, 0.717) is 25.9 Å². The van der Waals surface area contributed by atoms with Gasteiger partial charge >= 0.3 is 5.97 Å². The normalized spacial score (nSPS) is 18.5. The predicted molar refractivity (Wildman–Crippen MR) is 125 cm³/mol. The number of carbonyl (C=O) groups is 3. The third-order valence-electron chi connectivity index (χ3n) is 6.70. The van der Waals surface area contributed by atoms with E-state index in [4.69, 9.17) is 0 Å². The van der Waals surface area contributed by atoms with Crippen molar-refractivity contribution in [1.29, 1.82) is 0 Å². The van der Waals surface area contributed by atoms with Crippen molar-refractivity contribution in [3.63, 3.8) is 0 Å². The average Bonchev–Trinajstić information content (AvgIpc) is 3.16. The number of halogens is 2. The number of aliphatic carboxylic acids is 1. The quantitative estimate of drug-likeness (QED) is 0.426. The van der Waals surface area contributed by atoms with Crippen molar-refractivity contribution in [2.24, 2.45) is 11.3 Å². The average molecular weight is 489 g/mol. The monoisotopic (exact) mass is 488 g/mol. The van der Waals surface area contributed by atoms with Gasteiger partial charge in [-0.2, -0.15) is 0 Å². The van der Waals surface area contributed by atoms with Crippen LogP contribution in [0.4, 0.5) is 8.78 Å². The first-order valence-electron chi connectivity index (χ1n) is 11.7. The van der Waals surface area contributed by atoms with Gasteiger partial charge in [-0.25, -0.2) is 8.78 Å². The standard InChI is InChI=1S/C26H30F2N2O5/c27-21-8-7-19(17-22(21)28)23(32)29-13-9-20(24(33)34)26(11-4-16-31)12-15-30(25(26)35)14-10-18-5-2-1-3-6-18/h1-3,5-8,17,20,31H,4,9-16H2,(H,29,32)(H,33,34). The van der Waals surface area contributed by atoms with E-state index in [0.717, 1.165) is 23.8 Å². The fourth-order valence-corrected chi connectivity index (χ4v) is 4.81. The van der Waals surface area contributed by atoms with Gasteiger partial charge < -0.3 is 20.4 Å². The minimum absolute atomic E-state index is 0.0194. The molecule has 3 rings (SSSR count). The largest absolute Gasteiger partial charge is 0.481 e. The molecule has 0 radical (unpaired) electrons. The molecule has 2 atom stereocenters. The lowest BCUT2D eigenvalue weighted by molar-refractivity contribution is -0.155. The Kier molecular flexibility index (Phi) is 8.92. The lowest BCUT2D eigenvalue weighted by Crippen LogP contribution is -2.45. The summed E-state index contributed by atoms with van der Waals surface area (Å²) < 4.78 is 26.5. The summed E-state index contributed by atoms with van der Waals surface area (Å²) in [7, 11) is 0. The Balaban J connectivity index is 1.69. The number of carboxylic acids is 1. The van der Waals surface area contributed by atoms with Crippen LogP contribution >= 0.6 is 0 Å². The summed E-state index contributed by atoms with van der Waals surface area (Å²) >= 11 is 0. The van der Waals surface area contributed by atoms with Crippen LogP contribution in [0.2, 0.25) is 0 Å². The smallest absolute Gasteiger partial charge is 0.307 e. The van der Waals surface area contributed by atoms with Crippen LogP contribution in [0.15, 0.2) is 48.5 Å². The highest BCUT2D eigenvalue weighted by molar-refractivity contribution is 5.94. The summed E-state index contributed by atoms with van der Waals surface area (Å²) in [6, 6.07) is 12.4. The number of carboxylic acid groups (broad SMARTS) is 1. The molecule has 1 heterocycles. The van der Waals surface area contributed by atoms with Gasteiger partial charge in [-0.15, -0.1) is 0 Å². The van der Waals surface area contributed by atoms with Gasteiger partial charge in [-0.1, -0.05) is 30.3 Å². The van der Waals surface area contributed by atoms with Gasteiger partial charge in [-0.3, -0.25) is 14.4 Å². The first-order chi connectivity index (χ1) is 16.8. The van der Waals surface area contributed by atoms with Crippen molar-refractivity contribution >= 4 is 17.8 Å². The van der Waals surface area contributed by atoms with Gasteiger partial charge in [0, 0.05) is 31.8 Å². The van der Waals surface area contributed by atoms with Crippen LogP contribution in [0.3, 0.4) is 0 Å². The molecular formula is C26H30F2N2O5. The first kappa shape index (κ1) is 26.3. The van der Waals surface area contributed by atoms with Crippen molar-refractivity contribution in [2.75, 3.05) is 26.2 Å². The van der Waals surface area contributed by atoms with Crippen molar-refractivity contribution in [2.45, 2.75) is 32.1 Å². The second-order valence-electron chi connectivity index (χ2n) is 8.83. The number of amides is 2. The van der Waals surface area contributed by atoms with Crippen LogP contribution in [0.1, 0.15) is 41.6 Å². The van der Waals surface area contributed by atoms with Crippen LogP contribution in [0.5, 0.6) is 0 Å². The molecule has 2 aromatic rings. The maximum absolute atomic E-state index is 13.5. The van der Waals surface area contributed by atoms with Crippen molar-refractivity contribution in [1.82, 2.24) is 10.2 Å². The molecule has 2 aromatic carbocycles. The molecule has 1 aliphatic heterocycles. The molecular weight excluding hydrogens is 458 g/mol. The third kappa shape index (κ3) is 6.22. The fraction of sp³-hybridized carbons (Fsp3) is 0.423. The van der Waals surface area contributed by atoms with Crippen LogP contribution in [-0.4, -0.2) is 59.1 Å². The molecule has 1 fully saturated rings. The zero-order chi connectivity index (χ0) is 25.4.